The average molecular weight is 751 g/mol. The molecule has 1 aliphatic carbocycles. The molecule has 0 amide bonds. The summed E-state index contributed by atoms with van der Waals surface area (Å²) >= 11 is 0. The topological polar surface area (TPSA) is 44.2 Å². The van der Waals surface area contributed by atoms with Crippen molar-refractivity contribution in [2.75, 3.05) is 0 Å². The van der Waals surface area contributed by atoms with Gasteiger partial charge in [-0.3, -0.25) is 0 Å². The number of rotatable bonds is 2. The van der Waals surface area contributed by atoms with Crippen molar-refractivity contribution in [3.8, 4) is 45.5 Å². The quantitative estimate of drug-likeness (QED) is 0.146. The largest absolute Gasteiger partial charge is 0.503 e. The molecule has 215 valence electrons. The minimum Gasteiger partial charge on any atom is -0.503 e. The Morgan fingerprint density at radius 3 is 2.32 bits per heavy atom. The number of benzene rings is 4. The Balaban J connectivity index is 0.000000237. The van der Waals surface area contributed by atoms with E-state index in [0.29, 0.717) is 33.9 Å². The van der Waals surface area contributed by atoms with Crippen LogP contribution in [0.4, 0.5) is 0 Å². The Morgan fingerprint density at radius 1 is 0.682 bits per heavy atom. The average Bonchev–Trinajstić information content (AvgIpc) is 3.11. The summed E-state index contributed by atoms with van der Waals surface area (Å²) in [6.45, 7) is -0.0820. The van der Waals surface area contributed by atoms with E-state index in [1.807, 2.05) is 91.0 Å². The van der Waals surface area contributed by atoms with E-state index < -0.39 is 12.7 Å². The second-order valence-corrected chi connectivity index (χ2v) is 10.4. The van der Waals surface area contributed by atoms with Gasteiger partial charge in [-0.1, -0.05) is 53.6 Å². The van der Waals surface area contributed by atoms with Crippen molar-refractivity contribution in [2.24, 2.45) is 0 Å². The predicted molar refractivity (Wildman–Crippen MR) is 171 cm³/mol. The first-order valence-electron chi connectivity index (χ1n) is 16.3. The van der Waals surface area contributed by atoms with Gasteiger partial charge in [0.05, 0.1) is 0 Å². The zero-order chi connectivity index (χ0) is 32.2. The third kappa shape index (κ3) is 5.15. The molecule has 0 N–H and O–H groups in total. The maximum Gasteiger partial charge on any atom is 0.241 e. The molecule has 4 heterocycles. The minimum atomic E-state index is -1.63. The maximum atomic E-state index is 8.52. The molecule has 4 nitrogen and oxygen atoms in total. The number of hydrogen-bond acceptors (Lipinski definition) is 4. The molecule has 0 saturated carbocycles. The molecule has 2 aliphatic heterocycles. The number of nitrogens with zero attached hydrogens (tertiary/aromatic N) is 2. The van der Waals surface area contributed by atoms with Gasteiger partial charge in [-0.2, -0.15) is 0 Å². The fourth-order valence-electron chi connectivity index (χ4n) is 5.88. The van der Waals surface area contributed by atoms with Crippen LogP contribution in [0, 0.1) is 12.1 Å². The summed E-state index contributed by atoms with van der Waals surface area (Å²) < 4.78 is 46.4. The van der Waals surface area contributed by atoms with Crippen LogP contribution in [0.2, 0.25) is 0 Å². The third-order valence-corrected chi connectivity index (χ3v) is 7.83. The molecule has 2 aromatic heterocycles. The number of aromatic nitrogens is 2. The van der Waals surface area contributed by atoms with E-state index in [2.05, 4.69) is 28.2 Å². The Morgan fingerprint density at radius 2 is 1.48 bits per heavy atom. The molecule has 6 heteroatoms. The van der Waals surface area contributed by atoms with Crippen LogP contribution in [0.1, 0.15) is 29.5 Å². The summed E-state index contributed by atoms with van der Waals surface area (Å²) in [6, 6.07) is 39.4. The SMILES string of the molecule is [2H]C1([2H])CCC([2H])([2H])c2cc(-c3[c-]ccc4c3Oc3cccc5c3B4c3ccccc3O5)ncc21.[Ir].[c-]1ccccc1-c1ccccn1. The number of para-hydroxylation sites is 1. The van der Waals surface area contributed by atoms with Gasteiger partial charge in [0.1, 0.15) is 17.2 Å². The summed E-state index contributed by atoms with van der Waals surface area (Å²) in [5.74, 6) is 2.92. The molecule has 6 aromatic rings. The summed E-state index contributed by atoms with van der Waals surface area (Å²) in [4.78, 5) is 8.79. The molecule has 9 rings (SSSR count). The van der Waals surface area contributed by atoms with Gasteiger partial charge in [-0.15, -0.1) is 59.6 Å². The van der Waals surface area contributed by atoms with Crippen molar-refractivity contribution >= 4 is 23.1 Å². The van der Waals surface area contributed by atoms with E-state index >= 15 is 0 Å². The van der Waals surface area contributed by atoms with E-state index in [1.54, 1.807) is 12.3 Å². The molecular weight excluding hydrogens is 719 g/mol. The Bertz CT molecular complexity index is 2100. The molecule has 0 atom stereocenters. The van der Waals surface area contributed by atoms with Crippen molar-refractivity contribution in [1.29, 1.82) is 0 Å². The van der Waals surface area contributed by atoms with Crippen molar-refractivity contribution in [1.82, 2.24) is 9.97 Å². The van der Waals surface area contributed by atoms with Gasteiger partial charge in [-0.05, 0) is 72.3 Å². The van der Waals surface area contributed by atoms with Crippen LogP contribution in [-0.2, 0) is 32.9 Å². The molecule has 4 aromatic carbocycles. The molecule has 3 aliphatic rings. The number of ether oxygens (including phenoxy) is 2. The van der Waals surface area contributed by atoms with Crippen LogP contribution < -0.4 is 25.9 Å². The molecule has 0 saturated heterocycles. The van der Waals surface area contributed by atoms with E-state index in [9.17, 15) is 0 Å². The zero-order valence-corrected chi connectivity index (χ0v) is 25.9. The first kappa shape index (κ1) is 23.9. The number of pyridine rings is 2. The molecule has 0 unspecified atom stereocenters. The zero-order valence-electron chi connectivity index (χ0n) is 27.5. The fourth-order valence-corrected chi connectivity index (χ4v) is 5.88. The van der Waals surface area contributed by atoms with E-state index in [4.69, 9.17) is 15.0 Å². The molecule has 0 spiro atoms. The van der Waals surface area contributed by atoms with Crippen LogP contribution in [0.3, 0.4) is 0 Å². The normalized spacial score (nSPS) is 16.9. The van der Waals surface area contributed by atoms with Crippen molar-refractivity contribution in [3.63, 3.8) is 0 Å². The van der Waals surface area contributed by atoms with Gasteiger partial charge >= 0.3 is 0 Å². The van der Waals surface area contributed by atoms with E-state index in [0.717, 1.165) is 39.1 Å². The number of hydrogen-bond donors (Lipinski definition) is 0. The molecule has 0 fully saturated rings. The summed E-state index contributed by atoms with van der Waals surface area (Å²) in [5, 5.41) is 0. The Labute approximate surface area is 277 Å². The summed E-state index contributed by atoms with van der Waals surface area (Å²) in [5.41, 5.74) is 6.82. The third-order valence-electron chi connectivity index (χ3n) is 7.83. The molecule has 44 heavy (non-hydrogen) atoms. The number of fused-ring (bicyclic) bond motifs is 5. The van der Waals surface area contributed by atoms with E-state index in [-0.39, 0.29) is 39.7 Å². The van der Waals surface area contributed by atoms with Crippen molar-refractivity contribution in [3.05, 3.63) is 139 Å². The van der Waals surface area contributed by atoms with Gasteiger partial charge in [0.2, 0.25) is 6.71 Å². The smallest absolute Gasteiger partial charge is 0.241 e. The Kier molecular flexibility index (Phi) is 6.65. The summed E-state index contributed by atoms with van der Waals surface area (Å²) in [6.07, 6.45) is 0.286. The second-order valence-electron chi connectivity index (χ2n) is 10.4. The monoisotopic (exact) mass is 751 g/mol. The Hall–Kier alpha value is -4.51. The first-order chi connectivity index (χ1) is 22.8. The van der Waals surface area contributed by atoms with Crippen LogP contribution in [0.15, 0.2) is 116 Å². The van der Waals surface area contributed by atoms with Gasteiger partial charge in [0, 0.05) is 49.2 Å². The van der Waals surface area contributed by atoms with Gasteiger partial charge in [-0.25, -0.2) is 0 Å². The second kappa shape index (κ2) is 12.2. The van der Waals surface area contributed by atoms with Gasteiger partial charge < -0.3 is 19.4 Å². The van der Waals surface area contributed by atoms with Gasteiger partial charge in [0.15, 0.2) is 0 Å². The predicted octanol–water partition coefficient (Wildman–Crippen LogP) is 6.70. The number of aryl methyl sites for hydroxylation is 2. The first-order valence-corrected chi connectivity index (χ1v) is 14.3. The summed E-state index contributed by atoms with van der Waals surface area (Å²) in [7, 11) is 0. The van der Waals surface area contributed by atoms with Crippen LogP contribution in [0.5, 0.6) is 23.0 Å². The molecular formula is C38H27BIrN2O2-2. The fraction of sp³-hybridized carbons (Fsp3) is 0.105. The standard InChI is InChI=1S/C27H19BNO2.C11H8N.Ir/c1-2-8-18-16-29-22(15-17(18)7-1)19-9-5-11-21-27(19)31-25-14-6-13-24-26(25)28(21)20-10-3-4-12-23(20)30-24;1-2-6-10(7-3-1)11-8-4-5-9-12-11;/h3-6,10-16H,1-2,7-8H2;1-6,8-9H;/q2*-1;/i7D2,8D2;;. The van der Waals surface area contributed by atoms with Crippen LogP contribution >= 0.6 is 0 Å². The van der Waals surface area contributed by atoms with Crippen molar-refractivity contribution in [2.45, 2.75) is 25.6 Å². The van der Waals surface area contributed by atoms with Crippen LogP contribution in [0.25, 0.3) is 22.5 Å². The minimum absolute atomic E-state index is 0. The molecule has 1 radical (unpaired) electrons. The molecule has 0 bridgehead atoms. The van der Waals surface area contributed by atoms with E-state index in [1.165, 1.54) is 6.20 Å². The van der Waals surface area contributed by atoms with Gasteiger partial charge in [0.25, 0.3) is 0 Å². The van der Waals surface area contributed by atoms with Crippen molar-refractivity contribution < 1.29 is 35.1 Å². The van der Waals surface area contributed by atoms with Crippen LogP contribution in [-0.4, -0.2) is 16.7 Å². The maximum absolute atomic E-state index is 8.52.